The molecular formula is C18H23N3O3S. The molecule has 2 N–H and O–H groups in total. The third-order valence-corrected chi connectivity index (χ3v) is 4.35. The summed E-state index contributed by atoms with van der Waals surface area (Å²) >= 11 is 1.57. The van der Waals surface area contributed by atoms with Gasteiger partial charge in [0.2, 0.25) is 11.8 Å². The molecule has 0 bridgehead atoms. The maximum absolute atomic E-state index is 12.2. The second-order valence-electron chi connectivity index (χ2n) is 5.73. The van der Waals surface area contributed by atoms with Crippen LogP contribution in [0.1, 0.15) is 18.7 Å². The number of carbonyl (C=O) groups excluding carboxylic acids is 2. The normalized spacial score (nSPS) is 12.0. The van der Waals surface area contributed by atoms with Crippen LogP contribution in [0.2, 0.25) is 0 Å². The molecule has 0 fully saturated rings. The summed E-state index contributed by atoms with van der Waals surface area (Å²) < 4.78 is 5.26. The highest BCUT2D eigenvalue weighted by molar-refractivity contribution is 7.98. The van der Waals surface area contributed by atoms with Crippen molar-refractivity contribution >= 4 is 29.3 Å². The van der Waals surface area contributed by atoms with Gasteiger partial charge in [-0.2, -0.15) is 0 Å². The van der Waals surface area contributed by atoms with Gasteiger partial charge in [-0.1, -0.05) is 12.1 Å². The van der Waals surface area contributed by atoms with Crippen LogP contribution >= 0.6 is 11.8 Å². The van der Waals surface area contributed by atoms with Gasteiger partial charge >= 0.3 is 0 Å². The minimum Gasteiger partial charge on any atom is -0.467 e. The summed E-state index contributed by atoms with van der Waals surface area (Å²) in [5, 5.41) is 5.73. The smallest absolute Gasteiger partial charge is 0.238 e. The summed E-state index contributed by atoms with van der Waals surface area (Å²) in [6.45, 7) is 2.11. The van der Waals surface area contributed by atoms with E-state index in [1.807, 2.05) is 43.5 Å². The van der Waals surface area contributed by atoms with Crippen molar-refractivity contribution in [3.8, 4) is 0 Å². The number of benzene rings is 1. The Morgan fingerprint density at radius 3 is 2.56 bits per heavy atom. The number of anilines is 1. The Hall–Kier alpha value is -2.25. The second kappa shape index (κ2) is 9.29. The van der Waals surface area contributed by atoms with E-state index in [0.717, 1.165) is 10.6 Å². The van der Waals surface area contributed by atoms with Crippen molar-refractivity contribution in [3.63, 3.8) is 0 Å². The number of hydrogen-bond donors (Lipinski definition) is 2. The number of amides is 2. The van der Waals surface area contributed by atoms with E-state index in [4.69, 9.17) is 4.42 Å². The molecule has 1 aromatic heterocycles. The fourth-order valence-corrected chi connectivity index (χ4v) is 2.93. The highest BCUT2D eigenvalue weighted by Crippen LogP contribution is 2.24. The first-order valence-corrected chi connectivity index (χ1v) is 9.16. The number of furan rings is 1. The first-order chi connectivity index (χ1) is 12.0. The van der Waals surface area contributed by atoms with Crippen LogP contribution in [0.15, 0.2) is 52.0 Å². The van der Waals surface area contributed by atoms with Crippen molar-refractivity contribution in [2.45, 2.75) is 17.9 Å². The minimum absolute atomic E-state index is 0.128. The predicted octanol–water partition coefficient (Wildman–Crippen LogP) is 2.75. The average molecular weight is 361 g/mol. The summed E-state index contributed by atoms with van der Waals surface area (Å²) in [6.07, 6.45) is 3.53. The van der Waals surface area contributed by atoms with Crippen molar-refractivity contribution in [3.05, 3.63) is 48.4 Å². The summed E-state index contributed by atoms with van der Waals surface area (Å²) in [6, 6.07) is 11.0. The van der Waals surface area contributed by atoms with E-state index in [0.29, 0.717) is 5.76 Å². The highest BCUT2D eigenvalue weighted by Gasteiger charge is 2.15. The summed E-state index contributed by atoms with van der Waals surface area (Å²) in [7, 11) is 1.73. The second-order valence-corrected chi connectivity index (χ2v) is 6.57. The van der Waals surface area contributed by atoms with Crippen molar-refractivity contribution in [2.24, 2.45) is 0 Å². The predicted molar refractivity (Wildman–Crippen MR) is 99.6 cm³/mol. The molecule has 6 nitrogen and oxygen atoms in total. The van der Waals surface area contributed by atoms with Crippen LogP contribution in [-0.4, -0.2) is 43.1 Å². The van der Waals surface area contributed by atoms with Crippen molar-refractivity contribution in [1.82, 2.24) is 10.2 Å². The molecule has 1 heterocycles. The molecule has 0 aliphatic heterocycles. The largest absolute Gasteiger partial charge is 0.467 e. The van der Waals surface area contributed by atoms with Gasteiger partial charge in [-0.25, -0.2) is 0 Å². The molecule has 7 heteroatoms. The number of para-hydroxylation sites is 1. The van der Waals surface area contributed by atoms with E-state index in [-0.39, 0.29) is 30.9 Å². The van der Waals surface area contributed by atoms with Crippen LogP contribution in [0.25, 0.3) is 0 Å². The minimum atomic E-state index is -0.210. The SMILES string of the molecule is CSc1ccccc1NC(=O)CN(C)CC(=O)N[C@H](C)c1ccco1. The molecule has 2 rings (SSSR count). The van der Waals surface area contributed by atoms with E-state index in [2.05, 4.69) is 10.6 Å². The summed E-state index contributed by atoms with van der Waals surface area (Å²) in [4.78, 5) is 26.9. The standard InChI is InChI=1S/C18H23N3O3S/c1-13(15-8-6-10-24-15)19-17(22)11-21(2)12-18(23)20-14-7-4-5-9-16(14)25-3/h4-10,13H,11-12H2,1-3H3,(H,19,22)(H,20,23)/t13-/m1/s1. The monoisotopic (exact) mass is 361 g/mol. The van der Waals surface area contributed by atoms with Crippen molar-refractivity contribution in [2.75, 3.05) is 31.7 Å². The van der Waals surface area contributed by atoms with Crippen LogP contribution in [0.3, 0.4) is 0 Å². The molecule has 2 aromatic rings. The van der Waals surface area contributed by atoms with Gasteiger partial charge in [0, 0.05) is 4.90 Å². The van der Waals surface area contributed by atoms with Crippen molar-refractivity contribution < 1.29 is 14.0 Å². The fourth-order valence-electron chi connectivity index (χ4n) is 2.38. The summed E-state index contributed by atoms with van der Waals surface area (Å²) in [5.74, 6) is 0.377. The fraction of sp³-hybridized carbons (Fsp3) is 0.333. The molecule has 134 valence electrons. The third-order valence-electron chi connectivity index (χ3n) is 3.56. The Kier molecular flexibility index (Phi) is 7.09. The van der Waals surface area contributed by atoms with Gasteiger partial charge in [0.1, 0.15) is 5.76 Å². The van der Waals surface area contributed by atoms with Crippen LogP contribution in [0, 0.1) is 0 Å². The number of likely N-dealkylation sites (N-methyl/N-ethyl adjacent to an activating group) is 1. The number of rotatable bonds is 8. The number of hydrogen-bond acceptors (Lipinski definition) is 5. The molecule has 1 atom stereocenters. The summed E-state index contributed by atoms with van der Waals surface area (Å²) in [5.41, 5.74) is 0.782. The van der Waals surface area contributed by atoms with E-state index in [1.165, 1.54) is 0 Å². The Bertz CT molecular complexity index is 703. The molecule has 0 aliphatic rings. The van der Waals surface area contributed by atoms with Crippen LogP contribution in [0.4, 0.5) is 5.69 Å². The molecule has 25 heavy (non-hydrogen) atoms. The lowest BCUT2D eigenvalue weighted by atomic mass is 10.2. The van der Waals surface area contributed by atoms with Crippen molar-refractivity contribution in [1.29, 1.82) is 0 Å². The molecule has 2 amide bonds. The topological polar surface area (TPSA) is 74.6 Å². The van der Waals surface area contributed by atoms with Gasteiger partial charge in [0.05, 0.1) is 31.1 Å². The zero-order valence-corrected chi connectivity index (χ0v) is 15.4. The number of nitrogens with one attached hydrogen (secondary N) is 2. The van der Waals surface area contributed by atoms with Gasteiger partial charge in [-0.15, -0.1) is 11.8 Å². The van der Waals surface area contributed by atoms with Gasteiger partial charge in [0.15, 0.2) is 0 Å². The lowest BCUT2D eigenvalue weighted by Crippen LogP contribution is -2.39. The number of nitrogens with zero attached hydrogens (tertiary/aromatic N) is 1. The van der Waals surface area contributed by atoms with Gasteiger partial charge in [-0.3, -0.25) is 14.5 Å². The highest BCUT2D eigenvalue weighted by atomic mass is 32.2. The molecule has 0 unspecified atom stereocenters. The third kappa shape index (κ3) is 5.95. The Labute approximate surface area is 152 Å². The first kappa shape index (κ1) is 19.1. The molecule has 1 aromatic carbocycles. The lowest BCUT2D eigenvalue weighted by Gasteiger charge is -2.18. The Morgan fingerprint density at radius 1 is 1.16 bits per heavy atom. The molecule has 0 saturated heterocycles. The lowest BCUT2D eigenvalue weighted by molar-refractivity contribution is -0.123. The van der Waals surface area contributed by atoms with Crippen LogP contribution in [-0.2, 0) is 9.59 Å². The van der Waals surface area contributed by atoms with E-state index in [1.54, 1.807) is 36.0 Å². The zero-order chi connectivity index (χ0) is 18.2. The van der Waals surface area contributed by atoms with Crippen LogP contribution in [0.5, 0.6) is 0 Å². The Morgan fingerprint density at radius 2 is 1.88 bits per heavy atom. The van der Waals surface area contributed by atoms with Gasteiger partial charge in [0.25, 0.3) is 0 Å². The molecular weight excluding hydrogens is 338 g/mol. The average Bonchev–Trinajstić information content (AvgIpc) is 3.09. The number of carbonyl (C=O) groups is 2. The van der Waals surface area contributed by atoms with Gasteiger partial charge < -0.3 is 15.1 Å². The molecule has 0 spiro atoms. The maximum Gasteiger partial charge on any atom is 0.238 e. The van der Waals surface area contributed by atoms with Gasteiger partial charge in [-0.05, 0) is 44.5 Å². The van der Waals surface area contributed by atoms with Crippen LogP contribution < -0.4 is 10.6 Å². The van der Waals surface area contributed by atoms with E-state index >= 15 is 0 Å². The Balaban J connectivity index is 1.79. The quantitative estimate of drug-likeness (QED) is 0.707. The van der Waals surface area contributed by atoms with E-state index < -0.39 is 0 Å². The number of thioether (sulfide) groups is 1. The maximum atomic E-state index is 12.2. The molecule has 0 saturated carbocycles. The molecule has 0 aliphatic carbocycles. The molecule has 0 radical (unpaired) electrons. The first-order valence-electron chi connectivity index (χ1n) is 7.93. The van der Waals surface area contributed by atoms with E-state index in [9.17, 15) is 9.59 Å². The zero-order valence-electron chi connectivity index (χ0n) is 14.6.